The zero-order valence-electron chi connectivity index (χ0n) is 14.0. The SMILES string of the molecule is CCCC1(C(C)(C)C(C)(C)CC)OOC1(CC)C(=O)O. The summed E-state index contributed by atoms with van der Waals surface area (Å²) in [5.41, 5.74) is -2.40. The lowest BCUT2D eigenvalue weighted by Crippen LogP contribution is -2.78. The summed E-state index contributed by atoms with van der Waals surface area (Å²) in [6, 6.07) is 0. The second-order valence-electron chi connectivity index (χ2n) is 7.09. The number of hydrogen-bond donors (Lipinski definition) is 1. The number of carboxylic acids is 1. The van der Waals surface area contributed by atoms with Crippen molar-refractivity contribution in [2.45, 2.75) is 85.4 Å². The van der Waals surface area contributed by atoms with E-state index in [2.05, 4.69) is 41.5 Å². The minimum absolute atomic E-state index is 0.0538. The summed E-state index contributed by atoms with van der Waals surface area (Å²) in [6.07, 6.45) is 2.91. The molecule has 0 aromatic rings. The van der Waals surface area contributed by atoms with Gasteiger partial charge in [-0.25, -0.2) is 14.6 Å². The van der Waals surface area contributed by atoms with E-state index in [-0.39, 0.29) is 10.8 Å². The molecule has 0 aromatic carbocycles. The smallest absolute Gasteiger partial charge is 0.342 e. The third kappa shape index (κ3) is 1.92. The van der Waals surface area contributed by atoms with Crippen LogP contribution in [0.25, 0.3) is 0 Å². The van der Waals surface area contributed by atoms with Crippen LogP contribution < -0.4 is 0 Å². The van der Waals surface area contributed by atoms with Gasteiger partial charge in [0.1, 0.15) is 0 Å². The predicted octanol–water partition coefficient (Wildman–Crippen LogP) is 4.18. The van der Waals surface area contributed by atoms with Crippen LogP contribution in [0, 0.1) is 10.8 Å². The normalized spacial score (nSPS) is 30.9. The van der Waals surface area contributed by atoms with Crippen LogP contribution in [0.1, 0.15) is 74.1 Å². The van der Waals surface area contributed by atoms with E-state index in [4.69, 9.17) is 9.78 Å². The van der Waals surface area contributed by atoms with E-state index in [1.165, 1.54) is 0 Å². The van der Waals surface area contributed by atoms with Gasteiger partial charge in [0.25, 0.3) is 0 Å². The minimum Gasteiger partial charge on any atom is -0.479 e. The molecule has 20 heavy (non-hydrogen) atoms. The van der Waals surface area contributed by atoms with Crippen LogP contribution in [0.5, 0.6) is 0 Å². The van der Waals surface area contributed by atoms with Gasteiger partial charge in [-0.1, -0.05) is 61.3 Å². The Bertz CT molecular complexity index is 371. The first-order valence-corrected chi connectivity index (χ1v) is 7.68. The van der Waals surface area contributed by atoms with Crippen molar-refractivity contribution >= 4 is 5.97 Å². The monoisotopic (exact) mass is 286 g/mol. The Morgan fingerprint density at radius 3 is 1.90 bits per heavy atom. The average molecular weight is 286 g/mol. The van der Waals surface area contributed by atoms with Gasteiger partial charge < -0.3 is 5.11 Å². The van der Waals surface area contributed by atoms with E-state index in [1.807, 2.05) is 6.92 Å². The molecule has 1 fully saturated rings. The Labute approximate surface area is 122 Å². The predicted molar refractivity (Wildman–Crippen MR) is 78.3 cm³/mol. The van der Waals surface area contributed by atoms with Crippen molar-refractivity contribution in [2.75, 3.05) is 0 Å². The molecule has 1 aliphatic rings. The fraction of sp³-hybridized carbons (Fsp3) is 0.938. The molecule has 0 spiro atoms. The molecule has 1 heterocycles. The molecule has 0 aromatic heterocycles. The summed E-state index contributed by atoms with van der Waals surface area (Å²) in [7, 11) is 0. The highest BCUT2D eigenvalue weighted by molar-refractivity contribution is 5.80. The Morgan fingerprint density at radius 1 is 1.10 bits per heavy atom. The Balaban J connectivity index is 3.41. The molecule has 2 atom stereocenters. The summed E-state index contributed by atoms with van der Waals surface area (Å²) in [6.45, 7) is 14.6. The van der Waals surface area contributed by atoms with Gasteiger partial charge >= 0.3 is 5.97 Å². The molecule has 0 aliphatic carbocycles. The highest BCUT2D eigenvalue weighted by Gasteiger charge is 2.75. The molecule has 4 heteroatoms. The summed E-state index contributed by atoms with van der Waals surface area (Å²) in [5.74, 6) is -0.917. The fourth-order valence-electron chi connectivity index (χ4n) is 3.45. The summed E-state index contributed by atoms with van der Waals surface area (Å²) in [5, 5.41) is 9.74. The Kier molecular flexibility index (Phi) is 4.62. The van der Waals surface area contributed by atoms with E-state index in [0.29, 0.717) is 12.8 Å². The highest BCUT2D eigenvalue weighted by atomic mass is 17.3. The Hall–Kier alpha value is -0.610. The van der Waals surface area contributed by atoms with Gasteiger partial charge in [-0.05, 0) is 18.3 Å². The van der Waals surface area contributed by atoms with E-state index in [0.717, 1.165) is 12.8 Å². The maximum atomic E-state index is 11.9. The molecule has 1 saturated heterocycles. The number of aliphatic carboxylic acids is 1. The first-order valence-electron chi connectivity index (χ1n) is 7.68. The second kappa shape index (κ2) is 5.30. The number of rotatable bonds is 7. The molecule has 118 valence electrons. The molecule has 0 radical (unpaired) electrons. The molecule has 1 N–H and O–H groups in total. The topological polar surface area (TPSA) is 55.8 Å². The van der Waals surface area contributed by atoms with Gasteiger partial charge in [-0.2, -0.15) is 0 Å². The molecule has 1 aliphatic heterocycles. The molecular formula is C16H30O4. The van der Waals surface area contributed by atoms with Crippen molar-refractivity contribution in [2.24, 2.45) is 10.8 Å². The molecule has 0 amide bonds. The van der Waals surface area contributed by atoms with Crippen LogP contribution in [0.3, 0.4) is 0 Å². The van der Waals surface area contributed by atoms with Crippen molar-refractivity contribution in [3.05, 3.63) is 0 Å². The molecule has 4 nitrogen and oxygen atoms in total. The van der Waals surface area contributed by atoms with Crippen molar-refractivity contribution < 1.29 is 19.7 Å². The molecule has 0 bridgehead atoms. The minimum atomic E-state index is -1.24. The zero-order valence-corrected chi connectivity index (χ0v) is 14.0. The lowest BCUT2D eigenvalue weighted by atomic mass is 9.51. The molecule has 0 saturated carbocycles. The average Bonchev–Trinajstić information content (AvgIpc) is 2.34. The molecule has 2 unspecified atom stereocenters. The molecule has 1 rings (SSSR count). The summed E-state index contributed by atoms with van der Waals surface area (Å²) >= 11 is 0. The van der Waals surface area contributed by atoms with E-state index in [1.54, 1.807) is 0 Å². The maximum Gasteiger partial charge on any atom is 0.342 e. The summed E-state index contributed by atoms with van der Waals surface area (Å²) in [4.78, 5) is 22.7. The maximum absolute atomic E-state index is 11.9. The van der Waals surface area contributed by atoms with Crippen molar-refractivity contribution in [1.82, 2.24) is 0 Å². The van der Waals surface area contributed by atoms with Gasteiger partial charge in [0.15, 0.2) is 5.60 Å². The van der Waals surface area contributed by atoms with Crippen LogP contribution in [-0.4, -0.2) is 22.3 Å². The van der Waals surface area contributed by atoms with Crippen LogP contribution in [-0.2, 0) is 14.6 Å². The van der Waals surface area contributed by atoms with Gasteiger partial charge in [0.05, 0.1) is 0 Å². The number of carbonyl (C=O) groups is 1. The standard InChI is InChI=1S/C16H30O4/c1-8-11-16(14(6,7)13(4,5)9-2)15(10-3,12(17)18)19-20-16/h8-11H2,1-7H3,(H,17,18). The fourth-order valence-corrected chi connectivity index (χ4v) is 3.45. The lowest BCUT2D eigenvalue weighted by Gasteiger charge is -2.64. The van der Waals surface area contributed by atoms with Crippen molar-refractivity contribution in [1.29, 1.82) is 0 Å². The second-order valence-corrected chi connectivity index (χ2v) is 7.09. The van der Waals surface area contributed by atoms with E-state index >= 15 is 0 Å². The van der Waals surface area contributed by atoms with Crippen LogP contribution in [0.15, 0.2) is 0 Å². The molecular weight excluding hydrogens is 256 g/mol. The Morgan fingerprint density at radius 2 is 1.65 bits per heavy atom. The zero-order chi connectivity index (χ0) is 15.8. The van der Waals surface area contributed by atoms with Gasteiger partial charge in [0, 0.05) is 5.41 Å². The first-order chi connectivity index (χ1) is 9.08. The van der Waals surface area contributed by atoms with Gasteiger partial charge in [-0.3, -0.25) is 0 Å². The van der Waals surface area contributed by atoms with Crippen LogP contribution >= 0.6 is 0 Å². The first kappa shape index (κ1) is 17.4. The number of carboxylic acid groups (broad SMARTS) is 1. The van der Waals surface area contributed by atoms with Crippen molar-refractivity contribution in [3.63, 3.8) is 0 Å². The van der Waals surface area contributed by atoms with Crippen LogP contribution in [0.2, 0.25) is 0 Å². The summed E-state index contributed by atoms with van der Waals surface area (Å²) < 4.78 is 0. The third-order valence-corrected chi connectivity index (χ3v) is 6.01. The van der Waals surface area contributed by atoms with E-state index in [9.17, 15) is 9.90 Å². The third-order valence-electron chi connectivity index (χ3n) is 6.01. The van der Waals surface area contributed by atoms with Gasteiger partial charge in [-0.15, -0.1) is 0 Å². The quantitative estimate of drug-likeness (QED) is 0.713. The van der Waals surface area contributed by atoms with Gasteiger partial charge in [0.2, 0.25) is 5.60 Å². The highest BCUT2D eigenvalue weighted by Crippen LogP contribution is 2.62. The largest absolute Gasteiger partial charge is 0.479 e. The lowest BCUT2D eigenvalue weighted by molar-refractivity contribution is -0.567. The van der Waals surface area contributed by atoms with E-state index < -0.39 is 17.2 Å². The number of hydrogen-bond acceptors (Lipinski definition) is 3. The van der Waals surface area contributed by atoms with Crippen LogP contribution in [0.4, 0.5) is 0 Å². The van der Waals surface area contributed by atoms with Crippen molar-refractivity contribution in [3.8, 4) is 0 Å².